The Kier molecular flexibility index (Phi) is 3.51. The molecule has 1 saturated heterocycles. The molecule has 0 aliphatic carbocycles. The van der Waals surface area contributed by atoms with E-state index in [1.807, 2.05) is 12.1 Å². The van der Waals surface area contributed by atoms with Crippen molar-refractivity contribution in [3.8, 4) is 16.9 Å². The van der Waals surface area contributed by atoms with E-state index in [2.05, 4.69) is 41.0 Å². The first-order valence-electron chi connectivity index (χ1n) is 8.12. The minimum Gasteiger partial charge on any atom is -0.496 e. The van der Waals surface area contributed by atoms with Gasteiger partial charge in [-0.1, -0.05) is 30.3 Å². The van der Waals surface area contributed by atoms with Gasteiger partial charge < -0.3 is 15.4 Å². The van der Waals surface area contributed by atoms with Gasteiger partial charge in [-0.15, -0.1) is 0 Å². The fourth-order valence-electron chi connectivity index (χ4n) is 3.95. The van der Waals surface area contributed by atoms with Crippen LogP contribution in [0.2, 0.25) is 0 Å². The Bertz CT molecular complexity index is 683. The lowest BCUT2D eigenvalue weighted by atomic mass is 9.86. The van der Waals surface area contributed by atoms with Gasteiger partial charge in [0.1, 0.15) is 5.75 Å². The number of nitrogens with one attached hydrogen (secondary N) is 2. The highest BCUT2D eigenvalue weighted by atomic mass is 16.5. The summed E-state index contributed by atoms with van der Waals surface area (Å²) in [5.74, 6) is 1.54. The molecule has 2 aliphatic heterocycles. The highest BCUT2D eigenvalue weighted by molar-refractivity contribution is 5.81. The number of rotatable bonds is 2. The van der Waals surface area contributed by atoms with E-state index in [4.69, 9.17) is 4.74 Å². The van der Waals surface area contributed by atoms with Gasteiger partial charge in [-0.2, -0.15) is 0 Å². The summed E-state index contributed by atoms with van der Waals surface area (Å²) in [6.45, 7) is 2.20. The van der Waals surface area contributed by atoms with Gasteiger partial charge in [0.2, 0.25) is 0 Å². The molecule has 0 bridgehead atoms. The van der Waals surface area contributed by atoms with Gasteiger partial charge >= 0.3 is 0 Å². The molecule has 22 heavy (non-hydrogen) atoms. The number of hydrogen-bond acceptors (Lipinski definition) is 3. The number of hydrogen-bond donors (Lipinski definition) is 2. The van der Waals surface area contributed by atoms with Gasteiger partial charge in [-0.25, -0.2) is 0 Å². The van der Waals surface area contributed by atoms with E-state index in [-0.39, 0.29) is 0 Å². The van der Waals surface area contributed by atoms with Gasteiger partial charge in [-0.3, -0.25) is 0 Å². The maximum absolute atomic E-state index is 5.59. The first-order chi connectivity index (χ1) is 10.9. The van der Waals surface area contributed by atoms with E-state index in [0.717, 1.165) is 18.8 Å². The van der Waals surface area contributed by atoms with Crippen LogP contribution in [-0.2, 0) is 0 Å². The fraction of sp³-hybridized carbons (Fsp3) is 0.368. The average Bonchev–Trinajstić information content (AvgIpc) is 2.76. The molecule has 2 aromatic rings. The number of ether oxygens (including phenoxy) is 1. The normalized spacial score (nSPS) is 23.1. The Morgan fingerprint density at radius 2 is 1.77 bits per heavy atom. The molecule has 3 nitrogen and oxygen atoms in total. The van der Waals surface area contributed by atoms with Crippen LogP contribution < -0.4 is 15.4 Å². The molecule has 114 valence electrons. The number of fused-ring (bicyclic) bond motifs is 3. The van der Waals surface area contributed by atoms with E-state index < -0.39 is 0 Å². The maximum Gasteiger partial charge on any atom is 0.126 e. The highest BCUT2D eigenvalue weighted by Gasteiger charge is 2.35. The van der Waals surface area contributed by atoms with Crippen molar-refractivity contribution in [2.24, 2.45) is 0 Å². The van der Waals surface area contributed by atoms with Gasteiger partial charge in [0.05, 0.1) is 7.11 Å². The smallest absolute Gasteiger partial charge is 0.126 e. The molecule has 2 heterocycles. The summed E-state index contributed by atoms with van der Waals surface area (Å²) < 4.78 is 5.59. The van der Waals surface area contributed by atoms with Crippen LogP contribution in [0.25, 0.3) is 11.1 Å². The molecule has 0 saturated carbocycles. The lowest BCUT2D eigenvalue weighted by Crippen LogP contribution is -2.21. The standard InChI is InChI=1S/C19H22N2O/c1-22-18-8-3-2-5-13(18)14-6-4-7-17-19(14)15-9-11-20-12-10-16(15)21-17/h2-8,15-16,20-21H,9-12H2,1H3. The second-order valence-electron chi connectivity index (χ2n) is 6.15. The van der Waals surface area contributed by atoms with E-state index in [1.54, 1.807) is 7.11 Å². The van der Waals surface area contributed by atoms with Crippen LogP contribution in [0.15, 0.2) is 42.5 Å². The van der Waals surface area contributed by atoms with Crippen molar-refractivity contribution >= 4 is 5.69 Å². The SMILES string of the molecule is COc1ccccc1-c1cccc2c1C1CCNCCC1N2. The summed E-state index contributed by atoms with van der Waals surface area (Å²) in [6.07, 6.45) is 2.38. The fourth-order valence-corrected chi connectivity index (χ4v) is 3.95. The van der Waals surface area contributed by atoms with Crippen LogP contribution in [0.3, 0.4) is 0 Å². The summed E-state index contributed by atoms with van der Waals surface area (Å²) in [4.78, 5) is 0. The molecule has 0 radical (unpaired) electrons. The second-order valence-corrected chi connectivity index (χ2v) is 6.15. The lowest BCUT2D eigenvalue weighted by Gasteiger charge is -2.19. The molecular formula is C19H22N2O. The van der Waals surface area contributed by atoms with Gasteiger partial charge in [0.15, 0.2) is 0 Å². The maximum atomic E-state index is 5.59. The Morgan fingerprint density at radius 1 is 0.955 bits per heavy atom. The summed E-state index contributed by atoms with van der Waals surface area (Å²) in [5.41, 5.74) is 5.29. The molecule has 3 heteroatoms. The molecule has 2 aromatic carbocycles. The molecule has 2 unspecified atom stereocenters. The van der Waals surface area contributed by atoms with E-state index >= 15 is 0 Å². The second kappa shape index (κ2) is 5.65. The largest absolute Gasteiger partial charge is 0.496 e. The molecule has 0 aromatic heterocycles. The van der Waals surface area contributed by atoms with Crippen molar-refractivity contribution in [3.63, 3.8) is 0 Å². The summed E-state index contributed by atoms with van der Waals surface area (Å²) in [7, 11) is 1.75. The van der Waals surface area contributed by atoms with E-state index in [9.17, 15) is 0 Å². The number of methoxy groups -OCH3 is 1. The highest BCUT2D eigenvalue weighted by Crippen LogP contribution is 2.46. The lowest BCUT2D eigenvalue weighted by molar-refractivity contribution is 0.416. The zero-order valence-electron chi connectivity index (χ0n) is 12.9. The Labute approximate surface area is 131 Å². The van der Waals surface area contributed by atoms with Crippen LogP contribution in [0.4, 0.5) is 5.69 Å². The molecular weight excluding hydrogens is 272 g/mol. The first kappa shape index (κ1) is 13.6. The van der Waals surface area contributed by atoms with Crippen LogP contribution in [0.5, 0.6) is 5.75 Å². The third-order valence-corrected chi connectivity index (χ3v) is 4.96. The van der Waals surface area contributed by atoms with E-state index in [0.29, 0.717) is 12.0 Å². The minimum atomic E-state index is 0.556. The minimum absolute atomic E-state index is 0.556. The number of anilines is 1. The van der Waals surface area contributed by atoms with E-state index in [1.165, 1.54) is 35.2 Å². The van der Waals surface area contributed by atoms with Crippen molar-refractivity contribution in [2.75, 3.05) is 25.5 Å². The predicted molar refractivity (Wildman–Crippen MR) is 90.7 cm³/mol. The average molecular weight is 294 g/mol. The molecule has 2 atom stereocenters. The summed E-state index contributed by atoms with van der Waals surface area (Å²) >= 11 is 0. The molecule has 0 amide bonds. The quantitative estimate of drug-likeness (QED) is 0.887. The van der Waals surface area contributed by atoms with Crippen LogP contribution in [0, 0.1) is 0 Å². The Morgan fingerprint density at radius 3 is 2.68 bits per heavy atom. The summed E-state index contributed by atoms with van der Waals surface area (Å²) in [6, 6.07) is 15.5. The molecule has 2 N–H and O–H groups in total. The zero-order valence-corrected chi connectivity index (χ0v) is 12.9. The number of para-hydroxylation sites is 1. The van der Waals surface area contributed by atoms with Gasteiger partial charge in [-0.05, 0) is 49.2 Å². The van der Waals surface area contributed by atoms with Crippen molar-refractivity contribution in [1.82, 2.24) is 5.32 Å². The zero-order chi connectivity index (χ0) is 14.9. The first-order valence-corrected chi connectivity index (χ1v) is 8.12. The molecule has 4 rings (SSSR count). The third kappa shape index (κ3) is 2.17. The monoisotopic (exact) mass is 294 g/mol. The predicted octanol–water partition coefficient (Wildman–Crippen LogP) is 3.62. The van der Waals surface area contributed by atoms with Crippen molar-refractivity contribution in [1.29, 1.82) is 0 Å². The Hall–Kier alpha value is -2.00. The van der Waals surface area contributed by atoms with Crippen LogP contribution >= 0.6 is 0 Å². The van der Waals surface area contributed by atoms with Crippen LogP contribution in [0.1, 0.15) is 24.3 Å². The Balaban J connectivity index is 1.85. The van der Waals surface area contributed by atoms with Crippen molar-refractivity contribution in [2.45, 2.75) is 24.8 Å². The summed E-state index contributed by atoms with van der Waals surface area (Å²) in [5, 5.41) is 7.27. The molecule has 0 spiro atoms. The molecule has 1 fully saturated rings. The van der Waals surface area contributed by atoms with Gasteiger partial charge in [0, 0.05) is 23.2 Å². The number of benzene rings is 2. The third-order valence-electron chi connectivity index (χ3n) is 4.96. The van der Waals surface area contributed by atoms with Crippen molar-refractivity contribution < 1.29 is 4.74 Å². The van der Waals surface area contributed by atoms with Crippen molar-refractivity contribution in [3.05, 3.63) is 48.0 Å². The van der Waals surface area contributed by atoms with Gasteiger partial charge in [0.25, 0.3) is 0 Å². The topological polar surface area (TPSA) is 33.3 Å². The van der Waals surface area contributed by atoms with Crippen LogP contribution in [-0.4, -0.2) is 26.2 Å². The molecule has 2 aliphatic rings.